The van der Waals surface area contributed by atoms with Crippen molar-refractivity contribution in [3.63, 3.8) is 0 Å². The minimum absolute atomic E-state index is 0.0578. The van der Waals surface area contributed by atoms with Gasteiger partial charge in [-0.05, 0) is 42.2 Å². The van der Waals surface area contributed by atoms with Crippen LogP contribution in [0.15, 0.2) is 48.2 Å². The molecule has 0 saturated carbocycles. The van der Waals surface area contributed by atoms with E-state index < -0.39 is 5.91 Å². The first-order valence-corrected chi connectivity index (χ1v) is 8.85. The number of ether oxygens (including phenoxy) is 1. The van der Waals surface area contributed by atoms with Crippen molar-refractivity contribution >= 4 is 28.9 Å². The third kappa shape index (κ3) is 5.25. The molecule has 2 N–H and O–H groups in total. The second-order valence-corrected chi connectivity index (χ2v) is 6.75. The Hall–Kier alpha value is -2.97. The van der Waals surface area contributed by atoms with Crippen molar-refractivity contribution in [2.24, 2.45) is 0 Å². The Balaban J connectivity index is 2.15. The van der Waals surface area contributed by atoms with E-state index >= 15 is 0 Å². The number of carbonyl (C=O) groups is 1. The van der Waals surface area contributed by atoms with Gasteiger partial charge < -0.3 is 15.4 Å². The van der Waals surface area contributed by atoms with Crippen molar-refractivity contribution in [3.8, 4) is 11.8 Å². The monoisotopic (exact) mass is 383 g/mol. The first-order valence-electron chi connectivity index (χ1n) is 8.48. The summed E-state index contributed by atoms with van der Waals surface area (Å²) in [5.74, 6) is 0.433. The molecule has 0 fully saturated rings. The Bertz CT molecular complexity index is 897. The molecule has 0 saturated heterocycles. The SMILES string of the molecule is COc1cc(Cl)c(C)cc1N/C=C(/C#N)C(=O)Nc1ccc(C(C)C)cc1. The van der Waals surface area contributed by atoms with E-state index in [0.29, 0.717) is 28.1 Å². The summed E-state index contributed by atoms with van der Waals surface area (Å²) in [7, 11) is 1.52. The molecule has 5 nitrogen and oxygen atoms in total. The van der Waals surface area contributed by atoms with Gasteiger partial charge in [0.1, 0.15) is 17.4 Å². The third-order valence-electron chi connectivity index (χ3n) is 4.05. The summed E-state index contributed by atoms with van der Waals surface area (Å²) in [5.41, 5.74) is 3.21. The lowest BCUT2D eigenvalue weighted by molar-refractivity contribution is -0.112. The van der Waals surface area contributed by atoms with Gasteiger partial charge in [0.2, 0.25) is 0 Å². The Morgan fingerprint density at radius 2 is 1.93 bits per heavy atom. The molecule has 0 aliphatic carbocycles. The molecule has 0 unspecified atom stereocenters. The number of carbonyl (C=O) groups excluding carboxylic acids is 1. The second kappa shape index (κ2) is 9.11. The van der Waals surface area contributed by atoms with Crippen LogP contribution in [0, 0.1) is 18.3 Å². The molecule has 0 spiro atoms. The van der Waals surface area contributed by atoms with Crippen molar-refractivity contribution in [3.05, 3.63) is 64.3 Å². The van der Waals surface area contributed by atoms with E-state index in [1.807, 2.05) is 37.3 Å². The number of amides is 1. The Labute approximate surface area is 164 Å². The van der Waals surface area contributed by atoms with Gasteiger partial charge in [-0.15, -0.1) is 0 Å². The highest BCUT2D eigenvalue weighted by molar-refractivity contribution is 6.31. The molecule has 2 aromatic rings. The fraction of sp³-hybridized carbons (Fsp3) is 0.238. The van der Waals surface area contributed by atoms with Crippen molar-refractivity contribution in [1.29, 1.82) is 5.26 Å². The van der Waals surface area contributed by atoms with Crippen molar-refractivity contribution in [1.82, 2.24) is 0 Å². The first kappa shape index (κ1) is 20.3. The zero-order valence-electron chi connectivity index (χ0n) is 15.8. The number of nitrogens with zero attached hydrogens (tertiary/aromatic N) is 1. The molecule has 0 atom stereocenters. The Morgan fingerprint density at radius 1 is 1.26 bits per heavy atom. The van der Waals surface area contributed by atoms with Gasteiger partial charge in [0.25, 0.3) is 5.91 Å². The van der Waals surface area contributed by atoms with Crippen LogP contribution in [0.3, 0.4) is 0 Å². The number of nitriles is 1. The van der Waals surface area contributed by atoms with Gasteiger partial charge in [0, 0.05) is 23.0 Å². The highest BCUT2D eigenvalue weighted by Gasteiger charge is 2.11. The lowest BCUT2D eigenvalue weighted by Gasteiger charge is -2.11. The number of hydrogen-bond donors (Lipinski definition) is 2. The number of benzene rings is 2. The van der Waals surface area contributed by atoms with Crippen LogP contribution in [-0.2, 0) is 4.79 Å². The van der Waals surface area contributed by atoms with Crippen LogP contribution in [0.1, 0.15) is 30.9 Å². The molecule has 0 radical (unpaired) electrons. The van der Waals surface area contributed by atoms with Crippen LogP contribution in [0.5, 0.6) is 5.75 Å². The average molecular weight is 384 g/mol. The van der Waals surface area contributed by atoms with Crippen molar-refractivity contribution in [2.45, 2.75) is 26.7 Å². The molecule has 0 heterocycles. The summed E-state index contributed by atoms with van der Waals surface area (Å²) < 4.78 is 5.27. The largest absolute Gasteiger partial charge is 0.495 e. The van der Waals surface area contributed by atoms with Crippen molar-refractivity contribution in [2.75, 3.05) is 17.7 Å². The fourth-order valence-corrected chi connectivity index (χ4v) is 2.55. The van der Waals surface area contributed by atoms with Crippen LogP contribution in [0.25, 0.3) is 0 Å². The summed E-state index contributed by atoms with van der Waals surface area (Å²) >= 11 is 6.09. The standard InChI is InChI=1S/C21H22ClN3O2/c1-13(2)15-5-7-17(8-6-15)25-21(26)16(11-23)12-24-19-9-14(3)18(22)10-20(19)27-4/h5-10,12-13,24H,1-4H3,(H,25,26)/b16-12-. The van der Waals surface area contributed by atoms with Gasteiger partial charge in [0.15, 0.2) is 0 Å². The van der Waals surface area contributed by atoms with E-state index in [0.717, 1.165) is 5.56 Å². The van der Waals surface area contributed by atoms with Crippen LogP contribution >= 0.6 is 11.6 Å². The molecule has 27 heavy (non-hydrogen) atoms. The topological polar surface area (TPSA) is 74.1 Å². The highest BCUT2D eigenvalue weighted by Crippen LogP contribution is 2.31. The number of aryl methyl sites for hydroxylation is 1. The maximum Gasteiger partial charge on any atom is 0.267 e. The van der Waals surface area contributed by atoms with Gasteiger partial charge >= 0.3 is 0 Å². The number of rotatable bonds is 6. The van der Waals surface area contributed by atoms with Gasteiger partial charge in [-0.2, -0.15) is 5.26 Å². The molecule has 6 heteroatoms. The fourth-order valence-electron chi connectivity index (χ4n) is 2.39. The van der Waals surface area contributed by atoms with Gasteiger partial charge in [-0.1, -0.05) is 37.6 Å². The maximum atomic E-state index is 12.4. The molecule has 2 rings (SSSR count). The van der Waals surface area contributed by atoms with E-state index in [2.05, 4.69) is 24.5 Å². The summed E-state index contributed by atoms with van der Waals surface area (Å²) in [4.78, 5) is 12.4. The lowest BCUT2D eigenvalue weighted by Crippen LogP contribution is -2.14. The molecule has 2 aromatic carbocycles. The number of halogens is 1. The average Bonchev–Trinajstić information content (AvgIpc) is 2.65. The number of hydrogen-bond acceptors (Lipinski definition) is 4. The van der Waals surface area contributed by atoms with Gasteiger partial charge in [-0.25, -0.2) is 0 Å². The number of anilines is 2. The number of methoxy groups -OCH3 is 1. The molecule has 0 bridgehead atoms. The molecular weight excluding hydrogens is 362 g/mol. The predicted molar refractivity (Wildman–Crippen MR) is 109 cm³/mol. The van der Waals surface area contributed by atoms with Gasteiger partial charge in [0.05, 0.1) is 12.8 Å². The molecule has 1 amide bonds. The Morgan fingerprint density at radius 3 is 2.48 bits per heavy atom. The molecular formula is C21H22ClN3O2. The first-order chi connectivity index (χ1) is 12.8. The summed E-state index contributed by atoms with van der Waals surface area (Å²) in [5, 5.41) is 15.6. The van der Waals surface area contributed by atoms with Crippen LogP contribution in [0.2, 0.25) is 5.02 Å². The van der Waals surface area contributed by atoms with Crippen molar-refractivity contribution < 1.29 is 9.53 Å². The van der Waals surface area contributed by atoms with Gasteiger partial charge in [-0.3, -0.25) is 4.79 Å². The van der Waals surface area contributed by atoms with Crippen LogP contribution in [0.4, 0.5) is 11.4 Å². The van der Waals surface area contributed by atoms with E-state index in [4.69, 9.17) is 16.3 Å². The van der Waals surface area contributed by atoms with E-state index in [-0.39, 0.29) is 5.57 Å². The smallest absolute Gasteiger partial charge is 0.267 e. The number of nitrogens with one attached hydrogen (secondary N) is 2. The molecule has 0 aliphatic heterocycles. The Kier molecular flexibility index (Phi) is 6.86. The minimum atomic E-state index is -0.494. The summed E-state index contributed by atoms with van der Waals surface area (Å²) in [6.07, 6.45) is 1.35. The van der Waals surface area contributed by atoms with E-state index in [1.54, 1.807) is 12.1 Å². The molecule has 0 aliphatic rings. The summed E-state index contributed by atoms with van der Waals surface area (Å²) in [6, 6.07) is 12.9. The lowest BCUT2D eigenvalue weighted by atomic mass is 10.0. The zero-order valence-corrected chi connectivity index (χ0v) is 16.5. The van der Waals surface area contributed by atoms with E-state index in [9.17, 15) is 10.1 Å². The second-order valence-electron chi connectivity index (χ2n) is 6.35. The normalized spacial score (nSPS) is 11.1. The zero-order chi connectivity index (χ0) is 20.0. The minimum Gasteiger partial charge on any atom is -0.495 e. The quantitative estimate of drug-likeness (QED) is 0.528. The van der Waals surface area contributed by atoms with Crippen LogP contribution < -0.4 is 15.4 Å². The highest BCUT2D eigenvalue weighted by atomic mass is 35.5. The summed E-state index contributed by atoms with van der Waals surface area (Å²) in [6.45, 7) is 6.06. The maximum absolute atomic E-state index is 12.4. The van der Waals surface area contributed by atoms with Crippen LogP contribution in [-0.4, -0.2) is 13.0 Å². The van der Waals surface area contributed by atoms with E-state index in [1.165, 1.54) is 18.9 Å². The third-order valence-corrected chi connectivity index (χ3v) is 4.46. The molecule has 140 valence electrons. The predicted octanol–water partition coefficient (Wildman–Crippen LogP) is 5.24. The molecule has 0 aromatic heterocycles.